The number of nitrogens with one attached hydrogen (secondary N) is 2. The summed E-state index contributed by atoms with van der Waals surface area (Å²) in [6.07, 6.45) is 1.23. The van der Waals surface area contributed by atoms with Crippen LogP contribution in [0.3, 0.4) is 0 Å². The summed E-state index contributed by atoms with van der Waals surface area (Å²) in [6.45, 7) is 0. The first-order valence-electron chi connectivity index (χ1n) is 8.45. The van der Waals surface area contributed by atoms with Crippen LogP contribution in [0, 0.1) is 10.1 Å². The van der Waals surface area contributed by atoms with Gasteiger partial charge in [-0.15, -0.1) is 0 Å². The molecule has 10 heteroatoms. The van der Waals surface area contributed by atoms with Crippen molar-refractivity contribution < 1.29 is 19.1 Å². The minimum atomic E-state index is -0.555. The van der Waals surface area contributed by atoms with Gasteiger partial charge in [0.15, 0.2) is 0 Å². The molecule has 0 aliphatic carbocycles. The van der Waals surface area contributed by atoms with Gasteiger partial charge in [0.2, 0.25) is 11.6 Å². The second-order valence-corrected chi connectivity index (χ2v) is 5.72. The molecule has 0 fully saturated rings. The van der Waals surface area contributed by atoms with Crippen LogP contribution in [-0.2, 0) is 0 Å². The molecule has 0 amide bonds. The van der Waals surface area contributed by atoms with Crippen LogP contribution in [0.5, 0.6) is 17.2 Å². The molecule has 10 nitrogen and oxygen atoms in total. The largest absolute Gasteiger partial charge is 0.497 e. The maximum Gasteiger partial charge on any atom is 0.353 e. The van der Waals surface area contributed by atoms with Gasteiger partial charge in [0.05, 0.1) is 31.9 Å². The van der Waals surface area contributed by atoms with Gasteiger partial charge < -0.3 is 24.8 Å². The lowest BCUT2D eigenvalue weighted by molar-refractivity contribution is -0.383. The van der Waals surface area contributed by atoms with Crippen LogP contribution in [-0.4, -0.2) is 36.2 Å². The summed E-state index contributed by atoms with van der Waals surface area (Å²) in [4.78, 5) is 19.3. The molecule has 1 heterocycles. The molecule has 0 unspecified atom stereocenters. The lowest BCUT2D eigenvalue weighted by Crippen LogP contribution is -2.06. The highest BCUT2D eigenvalue weighted by Gasteiger charge is 2.24. The van der Waals surface area contributed by atoms with Crippen molar-refractivity contribution in [2.75, 3.05) is 32.0 Å². The fourth-order valence-corrected chi connectivity index (χ4v) is 2.60. The molecule has 0 saturated carbocycles. The Labute approximate surface area is 166 Å². The van der Waals surface area contributed by atoms with Crippen molar-refractivity contribution in [1.82, 2.24) is 9.97 Å². The lowest BCUT2D eigenvalue weighted by atomic mass is 10.2. The Morgan fingerprint density at radius 1 is 0.897 bits per heavy atom. The molecule has 3 rings (SSSR count). The SMILES string of the molecule is COc1cccc(Nc2ncnc(Nc3ccc(OC)cc3OC)c2[N+](=O)[O-])c1. The number of methoxy groups -OCH3 is 3. The molecule has 0 radical (unpaired) electrons. The van der Waals surface area contributed by atoms with E-state index in [1.54, 1.807) is 42.5 Å². The highest BCUT2D eigenvalue weighted by molar-refractivity contribution is 5.78. The Bertz CT molecular complexity index is 1030. The summed E-state index contributed by atoms with van der Waals surface area (Å²) in [5, 5.41) is 17.6. The first kappa shape index (κ1) is 19.7. The molecule has 0 spiro atoms. The smallest absolute Gasteiger partial charge is 0.353 e. The van der Waals surface area contributed by atoms with Crippen LogP contribution in [0.15, 0.2) is 48.8 Å². The van der Waals surface area contributed by atoms with Crippen LogP contribution in [0.4, 0.5) is 28.7 Å². The van der Waals surface area contributed by atoms with Gasteiger partial charge in [-0.1, -0.05) is 6.07 Å². The monoisotopic (exact) mass is 397 g/mol. The van der Waals surface area contributed by atoms with Gasteiger partial charge in [-0.05, 0) is 24.3 Å². The quantitative estimate of drug-likeness (QED) is 0.430. The summed E-state index contributed by atoms with van der Waals surface area (Å²) >= 11 is 0. The topological polar surface area (TPSA) is 121 Å². The molecular weight excluding hydrogens is 378 g/mol. The zero-order valence-corrected chi connectivity index (χ0v) is 16.0. The van der Waals surface area contributed by atoms with Gasteiger partial charge in [0.25, 0.3) is 0 Å². The molecular formula is C19H19N5O5. The molecule has 2 N–H and O–H groups in total. The van der Waals surface area contributed by atoms with Crippen molar-refractivity contribution in [1.29, 1.82) is 0 Å². The number of ether oxygens (including phenoxy) is 3. The number of benzene rings is 2. The summed E-state index contributed by atoms with van der Waals surface area (Å²) in [5.41, 5.74) is 0.759. The molecule has 2 aromatic carbocycles. The molecule has 0 bridgehead atoms. The number of nitro groups is 1. The zero-order valence-electron chi connectivity index (χ0n) is 16.0. The minimum absolute atomic E-state index is 0.0128. The van der Waals surface area contributed by atoms with E-state index in [4.69, 9.17) is 14.2 Å². The first-order valence-corrected chi connectivity index (χ1v) is 8.45. The van der Waals surface area contributed by atoms with Gasteiger partial charge in [-0.3, -0.25) is 10.1 Å². The minimum Gasteiger partial charge on any atom is -0.497 e. The van der Waals surface area contributed by atoms with Crippen LogP contribution < -0.4 is 24.8 Å². The number of rotatable bonds is 8. The van der Waals surface area contributed by atoms with E-state index in [2.05, 4.69) is 20.6 Å². The average molecular weight is 397 g/mol. The number of hydrogen-bond donors (Lipinski definition) is 2. The van der Waals surface area contributed by atoms with E-state index in [0.29, 0.717) is 28.6 Å². The number of anilines is 4. The van der Waals surface area contributed by atoms with Crippen LogP contribution in [0.1, 0.15) is 0 Å². The second-order valence-electron chi connectivity index (χ2n) is 5.72. The third-order valence-corrected chi connectivity index (χ3v) is 4.00. The van der Waals surface area contributed by atoms with Crippen LogP contribution in [0.2, 0.25) is 0 Å². The summed E-state index contributed by atoms with van der Waals surface area (Å²) in [7, 11) is 4.56. The highest BCUT2D eigenvalue weighted by atomic mass is 16.6. The normalized spacial score (nSPS) is 10.2. The van der Waals surface area contributed by atoms with Crippen molar-refractivity contribution in [2.24, 2.45) is 0 Å². The standard InChI is InChI=1S/C19H19N5O5/c1-27-13-6-4-5-12(9-13)22-18-17(24(25)26)19(21-11-20-18)23-15-8-7-14(28-2)10-16(15)29-3/h4-11H,1-3H3,(H2,20,21,22,23). The number of nitrogens with zero attached hydrogens (tertiary/aromatic N) is 3. The maximum atomic E-state index is 11.8. The third-order valence-electron chi connectivity index (χ3n) is 4.00. The second kappa shape index (κ2) is 8.74. The summed E-state index contributed by atoms with van der Waals surface area (Å²) in [5.74, 6) is 1.68. The van der Waals surface area contributed by atoms with Gasteiger partial charge in [0.1, 0.15) is 23.6 Å². The average Bonchev–Trinajstić information content (AvgIpc) is 2.74. The lowest BCUT2D eigenvalue weighted by Gasteiger charge is -2.13. The maximum absolute atomic E-state index is 11.8. The zero-order chi connectivity index (χ0) is 20.8. The summed E-state index contributed by atoms with van der Waals surface area (Å²) in [6, 6.07) is 12.0. The van der Waals surface area contributed by atoms with Gasteiger partial charge in [0, 0.05) is 17.8 Å². The molecule has 150 valence electrons. The molecule has 1 aromatic heterocycles. The highest BCUT2D eigenvalue weighted by Crippen LogP contribution is 2.37. The van der Waals surface area contributed by atoms with E-state index in [1.165, 1.54) is 27.7 Å². The van der Waals surface area contributed by atoms with Crippen molar-refractivity contribution in [3.8, 4) is 17.2 Å². The van der Waals surface area contributed by atoms with E-state index >= 15 is 0 Å². The van der Waals surface area contributed by atoms with Crippen molar-refractivity contribution >= 4 is 28.7 Å². The predicted molar refractivity (Wildman–Crippen MR) is 108 cm³/mol. The van der Waals surface area contributed by atoms with Crippen molar-refractivity contribution in [3.63, 3.8) is 0 Å². The molecule has 29 heavy (non-hydrogen) atoms. The van der Waals surface area contributed by atoms with Crippen LogP contribution >= 0.6 is 0 Å². The molecule has 0 atom stereocenters. The van der Waals surface area contributed by atoms with E-state index in [1.807, 2.05) is 0 Å². The third kappa shape index (κ3) is 4.43. The number of aromatic nitrogens is 2. The van der Waals surface area contributed by atoms with Gasteiger partial charge in [-0.25, -0.2) is 9.97 Å². The van der Waals surface area contributed by atoms with Crippen molar-refractivity contribution in [3.05, 3.63) is 58.9 Å². The Hall–Kier alpha value is -4.08. The molecule has 0 aliphatic heterocycles. The van der Waals surface area contributed by atoms with Gasteiger partial charge in [-0.2, -0.15) is 0 Å². The van der Waals surface area contributed by atoms with Crippen molar-refractivity contribution in [2.45, 2.75) is 0 Å². The van der Waals surface area contributed by atoms with E-state index in [9.17, 15) is 10.1 Å². The number of hydrogen-bond acceptors (Lipinski definition) is 9. The molecule has 0 aliphatic rings. The Morgan fingerprint density at radius 2 is 1.59 bits per heavy atom. The molecule has 3 aromatic rings. The fourth-order valence-electron chi connectivity index (χ4n) is 2.60. The molecule has 0 saturated heterocycles. The Balaban J connectivity index is 1.98. The van der Waals surface area contributed by atoms with Gasteiger partial charge >= 0.3 is 5.69 Å². The fraction of sp³-hybridized carbons (Fsp3) is 0.158. The van der Waals surface area contributed by atoms with Crippen LogP contribution in [0.25, 0.3) is 0 Å². The Morgan fingerprint density at radius 3 is 2.24 bits per heavy atom. The van der Waals surface area contributed by atoms with E-state index in [-0.39, 0.29) is 17.3 Å². The predicted octanol–water partition coefficient (Wildman–Crippen LogP) is 3.90. The van der Waals surface area contributed by atoms with E-state index < -0.39 is 4.92 Å². The first-order chi connectivity index (χ1) is 14.0. The Kier molecular flexibility index (Phi) is 5.93. The summed E-state index contributed by atoms with van der Waals surface area (Å²) < 4.78 is 15.7. The van der Waals surface area contributed by atoms with E-state index in [0.717, 1.165) is 0 Å².